The zero-order valence-corrected chi connectivity index (χ0v) is 10.4. The molecule has 8 nitrogen and oxygen atoms in total. The summed E-state index contributed by atoms with van der Waals surface area (Å²) in [7, 11) is 0. The van der Waals surface area contributed by atoms with Crippen molar-refractivity contribution in [2.45, 2.75) is 6.54 Å². The number of aromatic amines is 1. The van der Waals surface area contributed by atoms with Crippen molar-refractivity contribution in [2.24, 2.45) is 0 Å². The molecule has 0 fully saturated rings. The monoisotopic (exact) mass is 269 g/mol. The summed E-state index contributed by atoms with van der Waals surface area (Å²) in [6, 6.07) is 9.37. The molecular formula is C12H11N7O. The molecule has 8 heteroatoms. The molecule has 20 heavy (non-hydrogen) atoms. The van der Waals surface area contributed by atoms with Crippen molar-refractivity contribution in [1.82, 2.24) is 35.5 Å². The molecule has 0 aliphatic heterocycles. The number of hydrogen-bond acceptors (Lipinski definition) is 5. The van der Waals surface area contributed by atoms with Gasteiger partial charge in [0.2, 0.25) is 0 Å². The number of carbonyl (C=O) groups excluding carboxylic acids is 1. The minimum atomic E-state index is -0.316. The average Bonchev–Trinajstić information content (AvgIpc) is 3.17. The van der Waals surface area contributed by atoms with Crippen LogP contribution in [0.15, 0.2) is 42.9 Å². The van der Waals surface area contributed by atoms with Crippen LogP contribution in [0, 0.1) is 0 Å². The van der Waals surface area contributed by atoms with Gasteiger partial charge in [-0.05, 0) is 12.1 Å². The molecule has 2 N–H and O–H groups in total. The van der Waals surface area contributed by atoms with E-state index >= 15 is 0 Å². The average molecular weight is 269 g/mol. The van der Waals surface area contributed by atoms with Gasteiger partial charge in [-0.3, -0.25) is 9.89 Å². The largest absolute Gasteiger partial charge is 0.343 e. The van der Waals surface area contributed by atoms with Crippen LogP contribution in [0.3, 0.4) is 0 Å². The number of nitrogens with one attached hydrogen (secondary N) is 2. The second-order valence-corrected chi connectivity index (χ2v) is 3.97. The molecule has 100 valence electrons. The van der Waals surface area contributed by atoms with E-state index in [0.29, 0.717) is 5.82 Å². The fraction of sp³-hybridized carbons (Fsp3) is 0.0833. The predicted molar refractivity (Wildman–Crippen MR) is 68.9 cm³/mol. The Labute approximate surface area is 113 Å². The molecule has 1 aromatic carbocycles. The molecule has 3 rings (SSSR count). The summed E-state index contributed by atoms with van der Waals surface area (Å²) >= 11 is 0. The van der Waals surface area contributed by atoms with Gasteiger partial charge in [-0.1, -0.05) is 18.2 Å². The fourth-order valence-corrected chi connectivity index (χ4v) is 1.62. The maximum atomic E-state index is 11.9. The molecule has 0 saturated carbocycles. The van der Waals surface area contributed by atoms with Crippen LogP contribution in [0.1, 0.15) is 16.3 Å². The molecule has 2 heterocycles. The first kappa shape index (κ1) is 12.0. The van der Waals surface area contributed by atoms with Crippen LogP contribution in [-0.2, 0) is 6.54 Å². The molecule has 0 unspecified atom stereocenters. The topological polar surface area (TPSA) is 101 Å². The van der Waals surface area contributed by atoms with Crippen molar-refractivity contribution in [2.75, 3.05) is 0 Å². The van der Waals surface area contributed by atoms with Gasteiger partial charge in [0.05, 0.1) is 18.4 Å². The lowest BCUT2D eigenvalue weighted by Crippen LogP contribution is -2.24. The number of amides is 1. The maximum absolute atomic E-state index is 11.9. The van der Waals surface area contributed by atoms with Gasteiger partial charge in [0.15, 0.2) is 5.69 Å². The Morgan fingerprint density at radius 3 is 2.90 bits per heavy atom. The lowest BCUT2D eigenvalue weighted by atomic mass is 10.3. The second-order valence-electron chi connectivity index (χ2n) is 3.97. The molecule has 0 aliphatic carbocycles. The van der Waals surface area contributed by atoms with E-state index in [9.17, 15) is 4.79 Å². The summed E-state index contributed by atoms with van der Waals surface area (Å²) < 4.78 is 0. The minimum Gasteiger partial charge on any atom is -0.343 e. The van der Waals surface area contributed by atoms with E-state index in [2.05, 4.69) is 30.7 Å². The first-order chi connectivity index (χ1) is 9.83. The lowest BCUT2D eigenvalue weighted by Gasteiger charge is -1.99. The molecule has 2 aromatic heterocycles. The number of carbonyl (C=O) groups is 1. The van der Waals surface area contributed by atoms with Crippen molar-refractivity contribution in [1.29, 1.82) is 0 Å². The number of aromatic nitrogens is 6. The Hall–Kier alpha value is -3.03. The van der Waals surface area contributed by atoms with Crippen LogP contribution in [0.4, 0.5) is 0 Å². The molecule has 3 aromatic rings. The van der Waals surface area contributed by atoms with Crippen LogP contribution in [-0.4, -0.2) is 36.1 Å². The smallest absolute Gasteiger partial charge is 0.273 e. The van der Waals surface area contributed by atoms with E-state index in [4.69, 9.17) is 0 Å². The number of benzene rings is 1. The highest BCUT2D eigenvalue weighted by atomic mass is 16.2. The van der Waals surface area contributed by atoms with E-state index in [1.165, 1.54) is 17.3 Å². The summed E-state index contributed by atoms with van der Waals surface area (Å²) in [5, 5.41) is 17.2. The molecule has 0 atom stereocenters. The van der Waals surface area contributed by atoms with Crippen LogP contribution in [0.5, 0.6) is 0 Å². The Balaban J connectivity index is 1.69. The van der Waals surface area contributed by atoms with Crippen molar-refractivity contribution < 1.29 is 4.79 Å². The Bertz CT molecular complexity index is 690. The van der Waals surface area contributed by atoms with E-state index in [0.717, 1.165) is 5.69 Å². The van der Waals surface area contributed by atoms with Gasteiger partial charge in [-0.2, -0.15) is 15.0 Å². The Morgan fingerprint density at radius 2 is 2.15 bits per heavy atom. The number of H-pyrrole nitrogens is 1. The summed E-state index contributed by atoms with van der Waals surface area (Å²) in [4.78, 5) is 17.2. The summed E-state index contributed by atoms with van der Waals surface area (Å²) in [6.45, 7) is 0.261. The van der Waals surface area contributed by atoms with Gasteiger partial charge in [0.25, 0.3) is 5.91 Å². The highest BCUT2D eigenvalue weighted by molar-refractivity contribution is 5.91. The molecule has 0 saturated heterocycles. The van der Waals surface area contributed by atoms with Crippen LogP contribution >= 0.6 is 0 Å². The van der Waals surface area contributed by atoms with E-state index in [-0.39, 0.29) is 18.1 Å². The van der Waals surface area contributed by atoms with E-state index in [1.54, 1.807) is 0 Å². The number of rotatable bonds is 4. The SMILES string of the molecule is O=C(NCc1ncn[nH]1)c1cnn(-c2ccccc2)n1. The molecular weight excluding hydrogens is 258 g/mol. The third-order valence-electron chi connectivity index (χ3n) is 2.59. The van der Waals surface area contributed by atoms with Crippen molar-refractivity contribution >= 4 is 5.91 Å². The summed E-state index contributed by atoms with van der Waals surface area (Å²) in [5.74, 6) is 0.261. The molecule has 1 amide bonds. The Morgan fingerprint density at radius 1 is 1.30 bits per heavy atom. The molecule has 0 radical (unpaired) electrons. The standard InChI is InChI=1S/C12H11N7O/c20-12(13-7-11-14-8-15-17-11)10-6-16-19(18-10)9-4-2-1-3-5-9/h1-6,8H,7H2,(H,13,20)(H,14,15,17). The van der Waals surface area contributed by atoms with Crippen LogP contribution < -0.4 is 5.32 Å². The van der Waals surface area contributed by atoms with E-state index < -0.39 is 0 Å². The van der Waals surface area contributed by atoms with E-state index in [1.807, 2.05) is 30.3 Å². The normalized spacial score (nSPS) is 10.4. The van der Waals surface area contributed by atoms with Crippen LogP contribution in [0.25, 0.3) is 5.69 Å². The van der Waals surface area contributed by atoms with Gasteiger partial charge in [-0.25, -0.2) is 4.98 Å². The molecule has 0 aliphatic rings. The number of nitrogens with zero attached hydrogens (tertiary/aromatic N) is 5. The maximum Gasteiger partial charge on any atom is 0.273 e. The second kappa shape index (κ2) is 5.31. The number of para-hydroxylation sites is 1. The summed E-state index contributed by atoms with van der Waals surface area (Å²) in [5.41, 5.74) is 1.04. The van der Waals surface area contributed by atoms with Crippen molar-refractivity contribution in [3.63, 3.8) is 0 Å². The van der Waals surface area contributed by atoms with Gasteiger partial charge in [-0.15, -0.1) is 5.10 Å². The first-order valence-electron chi connectivity index (χ1n) is 5.93. The van der Waals surface area contributed by atoms with Gasteiger partial charge >= 0.3 is 0 Å². The highest BCUT2D eigenvalue weighted by Crippen LogP contribution is 2.04. The molecule has 0 bridgehead atoms. The minimum absolute atomic E-state index is 0.244. The zero-order chi connectivity index (χ0) is 13.8. The summed E-state index contributed by atoms with van der Waals surface area (Å²) in [6.07, 6.45) is 2.80. The first-order valence-corrected chi connectivity index (χ1v) is 5.93. The van der Waals surface area contributed by atoms with Gasteiger partial charge in [0.1, 0.15) is 12.2 Å². The van der Waals surface area contributed by atoms with Gasteiger partial charge < -0.3 is 5.32 Å². The highest BCUT2D eigenvalue weighted by Gasteiger charge is 2.11. The predicted octanol–water partition coefficient (Wildman–Crippen LogP) is 0.315. The van der Waals surface area contributed by atoms with Crippen LogP contribution in [0.2, 0.25) is 0 Å². The molecule has 0 spiro atoms. The lowest BCUT2D eigenvalue weighted by molar-refractivity contribution is 0.0944. The van der Waals surface area contributed by atoms with Gasteiger partial charge in [0, 0.05) is 0 Å². The van der Waals surface area contributed by atoms with Crippen molar-refractivity contribution in [3.05, 3.63) is 54.4 Å². The zero-order valence-electron chi connectivity index (χ0n) is 10.4. The fourth-order valence-electron chi connectivity index (χ4n) is 1.62. The quantitative estimate of drug-likeness (QED) is 0.710. The third-order valence-corrected chi connectivity index (χ3v) is 2.59. The number of hydrogen-bond donors (Lipinski definition) is 2. The third kappa shape index (κ3) is 2.53. The van der Waals surface area contributed by atoms with Crippen molar-refractivity contribution in [3.8, 4) is 5.69 Å². The Kier molecular flexibility index (Phi) is 3.19.